The first-order valence-electron chi connectivity index (χ1n) is 12.5. The number of rotatable bonds is 8. The number of ether oxygens (including phenoxy) is 1. The number of benzene rings is 2. The maximum absolute atomic E-state index is 6.32. The molecule has 1 saturated heterocycles. The standard InChI is InChI=1S/C27H27Cl2N7O/c1-16(25-20(28)14-30-15-21(25)29)37-18-5-7-22-19(13-18)26(35-34-22)27-32-23-6-4-17(12-24(23)33-27)31-8-11-36-9-2-3-10-36/h4-7,12-16,31H,2-3,8-11H2,1H3,(H,32,33)(H,34,35). The molecule has 0 bridgehead atoms. The molecule has 2 aromatic carbocycles. The van der Waals surface area contributed by atoms with Crippen LogP contribution in [0.4, 0.5) is 5.69 Å². The molecule has 5 aromatic rings. The smallest absolute Gasteiger partial charge is 0.159 e. The van der Waals surface area contributed by atoms with Crippen molar-refractivity contribution in [2.24, 2.45) is 0 Å². The second kappa shape index (κ2) is 10.2. The highest BCUT2D eigenvalue weighted by molar-refractivity contribution is 6.35. The van der Waals surface area contributed by atoms with Gasteiger partial charge in [-0.25, -0.2) is 4.98 Å². The van der Waals surface area contributed by atoms with Crippen LogP contribution in [0.3, 0.4) is 0 Å². The average Bonchev–Trinajstić information content (AvgIpc) is 3.63. The van der Waals surface area contributed by atoms with E-state index in [-0.39, 0.29) is 6.10 Å². The molecular weight excluding hydrogens is 509 g/mol. The molecule has 6 rings (SSSR count). The summed E-state index contributed by atoms with van der Waals surface area (Å²) in [6.07, 6.45) is 5.39. The lowest BCUT2D eigenvalue weighted by molar-refractivity contribution is 0.227. The van der Waals surface area contributed by atoms with Crippen LogP contribution in [0.25, 0.3) is 33.5 Å². The number of fused-ring (bicyclic) bond motifs is 2. The van der Waals surface area contributed by atoms with E-state index in [1.807, 2.05) is 31.2 Å². The Morgan fingerprint density at radius 3 is 2.68 bits per heavy atom. The first kappa shape index (κ1) is 24.0. The van der Waals surface area contributed by atoms with Crippen LogP contribution in [0.5, 0.6) is 5.75 Å². The van der Waals surface area contributed by atoms with E-state index in [9.17, 15) is 0 Å². The Morgan fingerprint density at radius 2 is 1.86 bits per heavy atom. The number of nitrogens with zero attached hydrogens (tertiary/aromatic N) is 4. The fraction of sp³-hybridized carbons (Fsp3) is 0.296. The molecule has 10 heteroatoms. The van der Waals surface area contributed by atoms with Crippen LogP contribution in [0.15, 0.2) is 48.8 Å². The van der Waals surface area contributed by atoms with Crippen LogP contribution < -0.4 is 10.1 Å². The normalized spacial score (nSPS) is 15.0. The molecule has 1 aliphatic rings. The maximum atomic E-state index is 6.32. The number of imidazole rings is 1. The molecule has 0 spiro atoms. The van der Waals surface area contributed by atoms with E-state index in [2.05, 4.69) is 42.5 Å². The molecule has 8 nitrogen and oxygen atoms in total. The van der Waals surface area contributed by atoms with Gasteiger partial charge in [-0.1, -0.05) is 23.2 Å². The summed E-state index contributed by atoms with van der Waals surface area (Å²) in [5, 5.41) is 13.0. The largest absolute Gasteiger partial charge is 0.486 e. The SMILES string of the molecule is CC(Oc1ccc2[nH]nc(-c3nc4ccc(NCCN5CCCC5)cc4[nH]3)c2c1)c1c(Cl)cncc1Cl. The number of likely N-dealkylation sites (tertiary alicyclic amines) is 1. The van der Waals surface area contributed by atoms with Gasteiger partial charge in [0.1, 0.15) is 17.5 Å². The molecule has 4 heterocycles. The first-order valence-corrected chi connectivity index (χ1v) is 13.2. The summed E-state index contributed by atoms with van der Waals surface area (Å²) in [4.78, 5) is 14.8. The Labute approximate surface area is 224 Å². The molecule has 0 radical (unpaired) electrons. The van der Waals surface area contributed by atoms with Crippen LogP contribution >= 0.6 is 23.2 Å². The van der Waals surface area contributed by atoms with E-state index in [1.165, 1.54) is 25.9 Å². The highest BCUT2D eigenvalue weighted by Gasteiger charge is 2.18. The monoisotopic (exact) mass is 535 g/mol. The van der Waals surface area contributed by atoms with Crippen LogP contribution in [0.1, 0.15) is 31.4 Å². The van der Waals surface area contributed by atoms with E-state index in [4.69, 9.17) is 32.9 Å². The molecule has 1 atom stereocenters. The van der Waals surface area contributed by atoms with Gasteiger partial charge in [0.25, 0.3) is 0 Å². The van der Waals surface area contributed by atoms with Gasteiger partial charge < -0.3 is 19.9 Å². The highest BCUT2D eigenvalue weighted by Crippen LogP contribution is 2.34. The summed E-state index contributed by atoms with van der Waals surface area (Å²) in [5.41, 5.74) is 5.24. The number of pyridine rings is 1. The topological polar surface area (TPSA) is 94.7 Å². The van der Waals surface area contributed by atoms with Crippen molar-refractivity contribution in [3.05, 3.63) is 64.4 Å². The average molecular weight is 536 g/mol. The van der Waals surface area contributed by atoms with Crippen molar-refractivity contribution in [2.45, 2.75) is 25.9 Å². The van der Waals surface area contributed by atoms with Gasteiger partial charge in [0.15, 0.2) is 5.82 Å². The molecule has 0 amide bonds. The van der Waals surface area contributed by atoms with Gasteiger partial charge in [-0.15, -0.1) is 0 Å². The van der Waals surface area contributed by atoms with Crippen LogP contribution in [0.2, 0.25) is 10.0 Å². The molecule has 1 fully saturated rings. The van der Waals surface area contributed by atoms with Crippen LogP contribution in [0, 0.1) is 0 Å². The molecule has 1 aliphatic heterocycles. The van der Waals surface area contributed by atoms with Crippen LogP contribution in [-0.4, -0.2) is 56.2 Å². The van der Waals surface area contributed by atoms with Crippen molar-refractivity contribution in [1.29, 1.82) is 0 Å². The predicted molar refractivity (Wildman–Crippen MR) is 149 cm³/mol. The van der Waals surface area contributed by atoms with Gasteiger partial charge in [-0.2, -0.15) is 5.10 Å². The van der Waals surface area contributed by atoms with E-state index >= 15 is 0 Å². The van der Waals surface area contributed by atoms with Crippen molar-refractivity contribution in [3.8, 4) is 17.3 Å². The van der Waals surface area contributed by atoms with E-state index in [0.717, 1.165) is 46.4 Å². The Balaban J connectivity index is 1.23. The number of hydrogen-bond donors (Lipinski definition) is 3. The maximum Gasteiger partial charge on any atom is 0.159 e. The van der Waals surface area contributed by atoms with E-state index in [0.29, 0.717) is 27.2 Å². The van der Waals surface area contributed by atoms with Crippen molar-refractivity contribution in [1.82, 2.24) is 30.0 Å². The number of H-pyrrole nitrogens is 2. The van der Waals surface area contributed by atoms with Crippen molar-refractivity contribution >= 4 is 50.8 Å². The Kier molecular flexibility index (Phi) is 6.63. The fourth-order valence-corrected chi connectivity index (χ4v) is 5.59. The zero-order valence-corrected chi connectivity index (χ0v) is 21.9. The second-order valence-corrected chi connectivity index (χ2v) is 10.2. The molecule has 3 N–H and O–H groups in total. The Morgan fingerprint density at radius 1 is 1.05 bits per heavy atom. The van der Waals surface area contributed by atoms with E-state index in [1.54, 1.807) is 12.4 Å². The van der Waals surface area contributed by atoms with Crippen molar-refractivity contribution in [2.75, 3.05) is 31.5 Å². The summed E-state index contributed by atoms with van der Waals surface area (Å²) >= 11 is 12.6. The molecule has 0 aliphatic carbocycles. The molecule has 37 heavy (non-hydrogen) atoms. The fourth-order valence-electron chi connectivity index (χ4n) is 4.92. The lowest BCUT2D eigenvalue weighted by Crippen LogP contribution is -2.25. The van der Waals surface area contributed by atoms with Gasteiger partial charge in [-0.05, 0) is 69.3 Å². The van der Waals surface area contributed by atoms with Gasteiger partial charge in [0.2, 0.25) is 0 Å². The number of anilines is 1. The number of hydrogen-bond acceptors (Lipinski definition) is 6. The molecule has 1 unspecified atom stereocenters. The van der Waals surface area contributed by atoms with Gasteiger partial charge in [0, 0.05) is 42.1 Å². The highest BCUT2D eigenvalue weighted by atomic mass is 35.5. The lowest BCUT2D eigenvalue weighted by Gasteiger charge is -2.17. The van der Waals surface area contributed by atoms with Gasteiger partial charge in [0.05, 0.1) is 26.6 Å². The van der Waals surface area contributed by atoms with Crippen molar-refractivity contribution < 1.29 is 4.74 Å². The number of nitrogens with one attached hydrogen (secondary N) is 3. The molecule has 3 aromatic heterocycles. The summed E-state index contributed by atoms with van der Waals surface area (Å²) in [6.45, 7) is 6.31. The third-order valence-electron chi connectivity index (χ3n) is 6.81. The molecular formula is C27H27Cl2N7O. The third-order valence-corrected chi connectivity index (χ3v) is 7.41. The summed E-state index contributed by atoms with van der Waals surface area (Å²) < 4.78 is 6.20. The minimum atomic E-state index is -0.363. The zero-order valence-electron chi connectivity index (χ0n) is 20.4. The first-order chi connectivity index (χ1) is 18.0. The Bertz CT molecular complexity index is 1540. The number of aromatic nitrogens is 5. The summed E-state index contributed by atoms with van der Waals surface area (Å²) in [7, 11) is 0. The van der Waals surface area contributed by atoms with Gasteiger partial charge in [-0.3, -0.25) is 10.1 Å². The number of aromatic amines is 2. The minimum absolute atomic E-state index is 0.363. The molecule has 0 saturated carbocycles. The zero-order chi connectivity index (χ0) is 25.4. The predicted octanol–water partition coefficient (Wildman–Crippen LogP) is 6.46. The van der Waals surface area contributed by atoms with Crippen LogP contribution in [-0.2, 0) is 0 Å². The van der Waals surface area contributed by atoms with Crippen molar-refractivity contribution in [3.63, 3.8) is 0 Å². The number of halogens is 2. The molecule has 190 valence electrons. The van der Waals surface area contributed by atoms with Gasteiger partial charge >= 0.3 is 0 Å². The summed E-state index contributed by atoms with van der Waals surface area (Å²) in [5.74, 6) is 1.37. The second-order valence-electron chi connectivity index (χ2n) is 9.35. The third kappa shape index (κ3) is 4.97. The summed E-state index contributed by atoms with van der Waals surface area (Å²) in [6, 6.07) is 12.0. The minimum Gasteiger partial charge on any atom is -0.486 e. The lowest BCUT2D eigenvalue weighted by atomic mass is 10.1. The quantitative estimate of drug-likeness (QED) is 0.211. The van der Waals surface area contributed by atoms with E-state index < -0.39 is 0 Å². The Hall–Kier alpha value is -3.33.